The van der Waals surface area contributed by atoms with Gasteiger partial charge >= 0.3 is 0 Å². The molecule has 29 heavy (non-hydrogen) atoms. The third kappa shape index (κ3) is 3.72. The SMILES string of the molecule is CC(C)CCC[C@H](C)[C@H]1CC[C@H]2[C@H]3CCC4=CC(=O)NCC[C@@]4(C)[C@@H]3CC[C@]12C. The van der Waals surface area contributed by atoms with E-state index in [0.29, 0.717) is 5.41 Å². The first kappa shape index (κ1) is 21.4. The maximum Gasteiger partial charge on any atom is 0.243 e. The molecule has 3 fully saturated rings. The van der Waals surface area contributed by atoms with E-state index >= 15 is 0 Å². The number of allylic oxidation sites excluding steroid dienone is 1. The molecule has 1 N–H and O–H groups in total. The molecule has 4 rings (SSSR count). The van der Waals surface area contributed by atoms with Crippen LogP contribution >= 0.6 is 0 Å². The normalized spacial score (nSPS) is 43.0. The second-order valence-corrected chi connectivity index (χ2v) is 12.1. The lowest BCUT2D eigenvalue weighted by atomic mass is 9.47. The quantitative estimate of drug-likeness (QED) is 0.544. The predicted molar refractivity (Wildman–Crippen MR) is 121 cm³/mol. The van der Waals surface area contributed by atoms with E-state index in [0.717, 1.165) is 54.9 Å². The maximum absolute atomic E-state index is 12.1. The predicted octanol–water partition coefficient (Wildman–Crippen LogP) is 6.75. The summed E-state index contributed by atoms with van der Waals surface area (Å²) in [5.41, 5.74) is 2.29. The minimum atomic E-state index is 0.152. The molecule has 4 aliphatic rings. The van der Waals surface area contributed by atoms with Crippen LogP contribution in [0.25, 0.3) is 0 Å². The molecule has 0 aromatic heterocycles. The monoisotopic (exact) mass is 399 g/mol. The molecule has 1 aliphatic heterocycles. The number of rotatable bonds is 5. The first-order valence-corrected chi connectivity index (χ1v) is 12.7. The van der Waals surface area contributed by atoms with Crippen molar-refractivity contribution in [2.75, 3.05) is 6.54 Å². The number of hydrogen-bond donors (Lipinski definition) is 1. The second kappa shape index (κ2) is 8.04. The molecule has 0 radical (unpaired) electrons. The van der Waals surface area contributed by atoms with Crippen molar-refractivity contribution in [2.24, 2.45) is 46.3 Å². The van der Waals surface area contributed by atoms with Gasteiger partial charge in [-0.3, -0.25) is 4.79 Å². The van der Waals surface area contributed by atoms with Crippen molar-refractivity contribution >= 4 is 5.91 Å². The summed E-state index contributed by atoms with van der Waals surface area (Å²) in [6, 6.07) is 0. The van der Waals surface area contributed by atoms with Gasteiger partial charge in [-0.05, 0) is 91.3 Å². The minimum Gasteiger partial charge on any atom is -0.353 e. The molecule has 0 bridgehead atoms. The average molecular weight is 400 g/mol. The molecule has 0 aromatic carbocycles. The van der Waals surface area contributed by atoms with Gasteiger partial charge in [0, 0.05) is 12.6 Å². The van der Waals surface area contributed by atoms with Crippen molar-refractivity contribution in [3.8, 4) is 0 Å². The highest BCUT2D eigenvalue weighted by Gasteiger charge is 2.59. The summed E-state index contributed by atoms with van der Waals surface area (Å²) in [6.07, 6.45) is 15.6. The Bertz CT molecular complexity index is 651. The van der Waals surface area contributed by atoms with E-state index in [1.807, 2.05) is 6.08 Å². The highest BCUT2D eigenvalue weighted by Crippen LogP contribution is 2.67. The molecule has 2 heteroatoms. The van der Waals surface area contributed by atoms with Crippen molar-refractivity contribution in [1.82, 2.24) is 5.32 Å². The Labute approximate surface area is 179 Å². The molecule has 0 unspecified atom stereocenters. The van der Waals surface area contributed by atoms with E-state index in [2.05, 4.69) is 39.9 Å². The van der Waals surface area contributed by atoms with E-state index in [9.17, 15) is 4.79 Å². The molecule has 3 saturated carbocycles. The van der Waals surface area contributed by atoms with Gasteiger partial charge in [0.05, 0.1) is 0 Å². The highest BCUT2D eigenvalue weighted by molar-refractivity contribution is 5.88. The Hall–Kier alpha value is -0.790. The van der Waals surface area contributed by atoms with Crippen LogP contribution in [0.5, 0.6) is 0 Å². The van der Waals surface area contributed by atoms with Crippen LogP contribution in [-0.4, -0.2) is 12.5 Å². The molecule has 7 atom stereocenters. The van der Waals surface area contributed by atoms with E-state index in [1.54, 1.807) is 0 Å². The number of amides is 1. The lowest BCUT2D eigenvalue weighted by molar-refractivity contribution is -0.116. The Balaban J connectivity index is 1.50. The summed E-state index contributed by atoms with van der Waals surface area (Å²) >= 11 is 0. The van der Waals surface area contributed by atoms with Crippen LogP contribution < -0.4 is 5.32 Å². The molecule has 1 amide bonds. The molecule has 3 aliphatic carbocycles. The molecule has 0 saturated heterocycles. The fraction of sp³-hybridized carbons (Fsp3) is 0.889. The fourth-order valence-corrected chi connectivity index (χ4v) is 8.59. The Morgan fingerprint density at radius 1 is 1.03 bits per heavy atom. The van der Waals surface area contributed by atoms with Crippen molar-refractivity contribution in [3.63, 3.8) is 0 Å². The minimum absolute atomic E-state index is 0.152. The number of carbonyl (C=O) groups is 1. The Kier molecular flexibility index (Phi) is 5.95. The van der Waals surface area contributed by atoms with E-state index in [-0.39, 0.29) is 11.3 Å². The largest absolute Gasteiger partial charge is 0.353 e. The van der Waals surface area contributed by atoms with Gasteiger partial charge in [0.1, 0.15) is 0 Å². The zero-order chi connectivity index (χ0) is 20.8. The summed E-state index contributed by atoms with van der Waals surface area (Å²) in [6.45, 7) is 13.3. The zero-order valence-electron chi connectivity index (χ0n) is 19.7. The number of hydrogen-bond acceptors (Lipinski definition) is 1. The van der Waals surface area contributed by atoms with Crippen LogP contribution in [0.15, 0.2) is 11.6 Å². The van der Waals surface area contributed by atoms with Crippen molar-refractivity contribution in [3.05, 3.63) is 11.6 Å². The Morgan fingerprint density at radius 3 is 2.59 bits per heavy atom. The molecular weight excluding hydrogens is 354 g/mol. The Morgan fingerprint density at radius 2 is 1.83 bits per heavy atom. The standard InChI is InChI=1S/C27H45NO/c1-18(2)7-6-8-19(3)22-11-12-23-21-10-9-20-17-25(29)28-16-15-26(20,4)24(21)13-14-27(22,23)5/h17-19,21-24H,6-16H2,1-5H3,(H,28,29)/t19-,21+,22+,23-,24+,26+,27+/m0/s1. The fourth-order valence-electron chi connectivity index (χ4n) is 8.59. The molecule has 164 valence electrons. The smallest absolute Gasteiger partial charge is 0.243 e. The summed E-state index contributed by atoms with van der Waals surface area (Å²) in [5, 5.41) is 3.11. The first-order valence-electron chi connectivity index (χ1n) is 12.7. The van der Waals surface area contributed by atoms with E-state index in [1.165, 1.54) is 56.9 Å². The van der Waals surface area contributed by atoms with Crippen molar-refractivity contribution in [1.29, 1.82) is 0 Å². The third-order valence-electron chi connectivity index (χ3n) is 10.2. The van der Waals surface area contributed by atoms with Gasteiger partial charge in [-0.25, -0.2) is 0 Å². The van der Waals surface area contributed by atoms with Gasteiger partial charge in [0.25, 0.3) is 0 Å². The molecule has 0 aromatic rings. The van der Waals surface area contributed by atoms with Crippen LogP contribution in [0.3, 0.4) is 0 Å². The van der Waals surface area contributed by atoms with Gasteiger partial charge in [0.15, 0.2) is 0 Å². The third-order valence-corrected chi connectivity index (χ3v) is 10.2. The van der Waals surface area contributed by atoms with Gasteiger partial charge in [-0.1, -0.05) is 59.5 Å². The van der Waals surface area contributed by atoms with E-state index < -0.39 is 0 Å². The summed E-state index contributed by atoms with van der Waals surface area (Å²) in [7, 11) is 0. The van der Waals surface area contributed by atoms with Gasteiger partial charge in [0.2, 0.25) is 5.91 Å². The summed E-state index contributed by atoms with van der Waals surface area (Å²) < 4.78 is 0. The van der Waals surface area contributed by atoms with E-state index in [4.69, 9.17) is 0 Å². The average Bonchev–Trinajstić information content (AvgIpc) is 2.92. The van der Waals surface area contributed by atoms with Crippen LogP contribution in [0.4, 0.5) is 0 Å². The molecule has 2 nitrogen and oxygen atoms in total. The topological polar surface area (TPSA) is 29.1 Å². The summed E-state index contributed by atoms with van der Waals surface area (Å²) in [5.74, 6) is 5.41. The zero-order valence-corrected chi connectivity index (χ0v) is 19.7. The lowest BCUT2D eigenvalue weighted by Gasteiger charge is -2.57. The number of carbonyl (C=O) groups excluding carboxylic acids is 1. The summed E-state index contributed by atoms with van der Waals surface area (Å²) in [4.78, 5) is 12.1. The molecule has 1 heterocycles. The van der Waals surface area contributed by atoms with Crippen LogP contribution in [0.2, 0.25) is 0 Å². The van der Waals surface area contributed by atoms with Gasteiger partial charge < -0.3 is 5.32 Å². The van der Waals surface area contributed by atoms with Gasteiger partial charge in [-0.15, -0.1) is 0 Å². The van der Waals surface area contributed by atoms with Crippen LogP contribution in [0, 0.1) is 46.3 Å². The number of nitrogens with one attached hydrogen (secondary N) is 1. The molecular formula is C27H45NO. The maximum atomic E-state index is 12.1. The van der Waals surface area contributed by atoms with Crippen molar-refractivity contribution < 1.29 is 4.79 Å². The molecule has 0 spiro atoms. The lowest BCUT2D eigenvalue weighted by Crippen LogP contribution is -2.50. The first-order chi connectivity index (χ1) is 13.8. The second-order valence-electron chi connectivity index (χ2n) is 12.1. The van der Waals surface area contributed by atoms with Gasteiger partial charge in [-0.2, -0.15) is 0 Å². The number of fused-ring (bicyclic) bond motifs is 5. The van der Waals surface area contributed by atoms with Crippen LogP contribution in [-0.2, 0) is 4.79 Å². The van der Waals surface area contributed by atoms with Crippen molar-refractivity contribution in [2.45, 2.75) is 98.8 Å². The highest BCUT2D eigenvalue weighted by atomic mass is 16.1. The van der Waals surface area contributed by atoms with Crippen LogP contribution in [0.1, 0.15) is 98.8 Å².